The summed E-state index contributed by atoms with van der Waals surface area (Å²) in [6, 6.07) is 3.75. The highest BCUT2D eigenvalue weighted by atomic mass is 35.5. The third-order valence-corrected chi connectivity index (χ3v) is 5.11. The summed E-state index contributed by atoms with van der Waals surface area (Å²) in [6.45, 7) is 4.21. The first-order valence-corrected chi connectivity index (χ1v) is 9.24. The quantitative estimate of drug-likeness (QED) is 0.765. The molecule has 1 amide bonds. The Kier molecular flexibility index (Phi) is 8.41. The lowest BCUT2D eigenvalue weighted by Crippen LogP contribution is -2.52. The Morgan fingerprint density at radius 3 is 2.89 bits per heavy atom. The maximum absolute atomic E-state index is 13.6. The van der Waals surface area contributed by atoms with Gasteiger partial charge in [-0.1, -0.05) is 6.07 Å². The van der Waals surface area contributed by atoms with Gasteiger partial charge < -0.3 is 20.1 Å². The van der Waals surface area contributed by atoms with E-state index in [1.54, 1.807) is 13.0 Å². The molecular weight excluding hydrogens is 378 g/mol. The topological polar surface area (TPSA) is 59.6 Å². The Morgan fingerprint density at radius 1 is 1.37 bits per heavy atom. The maximum Gasteiger partial charge on any atom is 0.249 e. The van der Waals surface area contributed by atoms with Crippen LogP contribution in [0.25, 0.3) is 0 Å². The first kappa shape index (κ1) is 22.0. The number of rotatable bonds is 6. The van der Waals surface area contributed by atoms with Gasteiger partial charge in [0.1, 0.15) is 6.10 Å². The highest BCUT2D eigenvalue weighted by Crippen LogP contribution is 2.27. The van der Waals surface area contributed by atoms with Crippen LogP contribution in [-0.2, 0) is 14.3 Å². The summed E-state index contributed by atoms with van der Waals surface area (Å²) in [4.78, 5) is 12.5. The molecule has 3 rings (SSSR count). The molecule has 1 aromatic carbocycles. The summed E-state index contributed by atoms with van der Waals surface area (Å²) in [6.07, 6.45) is 2.20. The van der Waals surface area contributed by atoms with E-state index in [1.807, 2.05) is 0 Å². The maximum atomic E-state index is 13.6. The fraction of sp³-hybridized carbons (Fsp3) is 0.632. The van der Waals surface area contributed by atoms with Crippen LogP contribution in [0, 0.1) is 11.6 Å². The van der Waals surface area contributed by atoms with E-state index in [0.29, 0.717) is 18.7 Å². The molecule has 5 nitrogen and oxygen atoms in total. The molecule has 0 aromatic heterocycles. The number of piperidine rings is 1. The van der Waals surface area contributed by atoms with E-state index in [-0.39, 0.29) is 36.4 Å². The van der Waals surface area contributed by atoms with Crippen LogP contribution in [0.5, 0.6) is 0 Å². The van der Waals surface area contributed by atoms with E-state index < -0.39 is 17.7 Å². The summed E-state index contributed by atoms with van der Waals surface area (Å²) in [5.74, 6) is -2.00. The second-order valence-corrected chi connectivity index (χ2v) is 7.00. The van der Waals surface area contributed by atoms with E-state index in [0.717, 1.165) is 38.5 Å². The van der Waals surface area contributed by atoms with Crippen LogP contribution in [-0.4, -0.2) is 50.5 Å². The molecule has 4 unspecified atom stereocenters. The monoisotopic (exact) mass is 404 g/mol. The zero-order valence-corrected chi connectivity index (χ0v) is 16.2. The van der Waals surface area contributed by atoms with E-state index in [9.17, 15) is 13.6 Å². The van der Waals surface area contributed by atoms with Crippen molar-refractivity contribution in [2.24, 2.45) is 0 Å². The smallest absolute Gasteiger partial charge is 0.249 e. The van der Waals surface area contributed by atoms with Crippen LogP contribution in [0.15, 0.2) is 18.2 Å². The second-order valence-electron chi connectivity index (χ2n) is 7.00. The van der Waals surface area contributed by atoms with Crippen LogP contribution in [0.1, 0.15) is 37.7 Å². The average Bonchev–Trinajstić information content (AvgIpc) is 3.16. The Bertz CT molecular complexity index is 629. The number of amides is 1. The molecule has 2 aliphatic heterocycles. The van der Waals surface area contributed by atoms with Crippen molar-refractivity contribution in [2.75, 3.05) is 26.3 Å². The standard InChI is InChI=1S/C19H26F2N2O3.ClH/c1-12(26-11-14-3-2-8-25-14)19(24)23-18-10-22-7-6-15(18)13-4-5-16(20)17(21)9-13;/h4-5,9,12,14-15,18,22H,2-3,6-8,10-11H2,1H3,(H,23,24);1H. The molecule has 2 heterocycles. The van der Waals surface area contributed by atoms with Crippen molar-refractivity contribution in [1.82, 2.24) is 10.6 Å². The lowest BCUT2D eigenvalue weighted by atomic mass is 9.86. The van der Waals surface area contributed by atoms with Gasteiger partial charge in [-0.3, -0.25) is 4.79 Å². The number of hydrogen-bond acceptors (Lipinski definition) is 4. The summed E-state index contributed by atoms with van der Waals surface area (Å²) < 4.78 is 37.9. The Hall–Kier alpha value is -1.28. The van der Waals surface area contributed by atoms with E-state index in [4.69, 9.17) is 9.47 Å². The minimum absolute atomic E-state index is 0. The number of nitrogens with one attached hydrogen (secondary N) is 2. The van der Waals surface area contributed by atoms with Crippen LogP contribution in [0.3, 0.4) is 0 Å². The van der Waals surface area contributed by atoms with Gasteiger partial charge in [0.2, 0.25) is 5.91 Å². The Morgan fingerprint density at radius 2 is 2.19 bits per heavy atom. The fourth-order valence-corrected chi connectivity index (χ4v) is 3.56. The molecule has 8 heteroatoms. The largest absolute Gasteiger partial charge is 0.376 e. The molecule has 152 valence electrons. The molecule has 2 saturated heterocycles. The van der Waals surface area contributed by atoms with Gasteiger partial charge in [-0.15, -0.1) is 12.4 Å². The summed E-state index contributed by atoms with van der Waals surface area (Å²) in [7, 11) is 0. The summed E-state index contributed by atoms with van der Waals surface area (Å²) in [5.41, 5.74) is 0.698. The average molecular weight is 405 g/mol. The third kappa shape index (κ3) is 5.85. The molecule has 2 fully saturated rings. The first-order chi connectivity index (χ1) is 12.5. The number of carbonyl (C=O) groups is 1. The minimum Gasteiger partial charge on any atom is -0.376 e. The second kappa shape index (κ2) is 10.3. The number of ether oxygens (including phenoxy) is 2. The molecule has 0 bridgehead atoms. The molecule has 1 aromatic rings. The van der Waals surface area contributed by atoms with Gasteiger partial charge in [0.05, 0.1) is 12.7 Å². The number of hydrogen-bond donors (Lipinski definition) is 2. The molecule has 0 spiro atoms. The Balaban J connectivity index is 0.00000261. The highest BCUT2D eigenvalue weighted by Gasteiger charge is 2.30. The normalized spacial score (nSPS) is 26.3. The predicted octanol–water partition coefficient (Wildman–Crippen LogP) is 2.53. The van der Waals surface area contributed by atoms with Crippen molar-refractivity contribution in [3.8, 4) is 0 Å². The highest BCUT2D eigenvalue weighted by molar-refractivity contribution is 5.85. The molecule has 2 aliphatic rings. The zero-order chi connectivity index (χ0) is 18.5. The van der Waals surface area contributed by atoms with Gasteiger partial charge >= 0.3 is 0 Å². The SMILES string of the molecule is CC(OCC1CCCO1)C(=O)NC1CNCCC1c1ccc(F)c(F)c1.Cl. The van der Waals surface area contributed by atoms with Crippen molar-refractivity contribution >= 4 is 18.3 Å². The van der Waals surface area contributed by atoms with Gasteiger partial charge in [-0.2, -0.15) is 0 Å². The predicted molar refractivity (Wildman–Crippen MR) is 100 cm³/mol. The lowest BCUT2D eigenvalue weighted by Gasteiger charge is -2.34. The molecule has 2 N–H and O–H groups in total. The molecule has 0 radical (unpaired) electrons. The third-order valence-electron chi connectivity index (χ3n) is 5.11. The fourth-order valence-electron chi connectivity index (χ4n) is 3.56. The number of halogens is 3. The Labute approximate surface area is 164 Å². The lowest BCUT2D eigenvalue weighted by molar-refractivity contribution is -0.134. The van der Waals surface area contributed by atoms with Crippen LogP contribution < -0.4 is 10.6 Å². The molecule has 0 saturated carbocycles. The van der Waals surface area contributed by atoms with Crippen molar-refractivity contribution in [2.45, 2.75) is 50.4 Å². The van der Waals surface area contributed by atoms with Crippen LogP contribution in [0.2, 0.25) is 0 Å². The van der Waals surface area contributed by atoms with Crippen molar-refractivity contribution in [1.29, 1.82) is 0 Å². The van der Waals surface area contributed by atoms with Crippen LogP contribution >= 0.6 is 12.4 Å². The number of carbonyl (C=O) groups excluding carboxylic acids is 1. The number of benzene rings is 1. The van der Waals surface area contributed by atoms with Gasteiger partial charge in [-0.05, 0) is 50.4 Å². The molecular formula is C19H27ClF2N2O3. The van der Waals surface area contributed by atoms with Crippen molar-refractivity contribution < 1.29 is 23.0 Å². The zero-order valence-electron chi connectivity index (χ0n) is 15.4. The van der Waals surface area contributed by atoms with Crippen LogP contribution in [0.4, 0.5) is 8.78 Å². The van der Waals surface area contributed by atoms with E-state index >= 15 is 0 Å². The summed E-state index contributed by atoms with van der Waals surface area (Å²) in [5, 5.41) is 6.23. The van der Waals surface area contributed by atoms with Crippen molar-refractivity contribution in [3.05, 3.63) is 35.4 Å². The summed E-state index contributed by atoms with van der Waals surface area (Å²) >= 11 is 0. The molecule has 27 heavy (non-hydrogen) atoms. The van der Waals surface area contributed by atoms with Gasteiger partial charge in [0.15, 0.2) is 11.6 Å². The van der Waals surface area contributed by atoms with E-state index in [1.165, 1.54) is 6.07 Å². The van der Waals surface area contributed by atoms with Gasteiger partial charge in [0.25, 0.3) is 0 Å². The van der Waals surface area contributed by atoms with Gasteiger partial charge in [0, 0.05) is 25.1 Å². The molecule has 0 aliphatic carbocycles. The van der Waals surface area contributed by atoms with Gasteiger partial charge in [-0.25, -0.2) is 8.78 Å². The van der Waals surface area contributed by atoms with Crippen molar-refractivity contribution in [3.63, 3.8) is 0 Å². The minimum atomic E-state index is -0.862. The first-order valence-electron chi connectivity index (χ1n) is 9.24. The van der Waals surface area contributed by atoms with E-state index in [2.05, 4.69) is 10.6 Å². The molecule has 4 atom stereocenters.